The lowest BCUT2D eigenvalue weighted by Crippen LogP contribution is -2.05. The van der Waals surface area contributed by atoms with Gasteiger partial charge >= 0.3 is 0 Å². The third kappa shape index (κ3) is 4.55. The highest BCUT2D eigenvalue weighted by atomic mass is 16.5. The number of hydrogen-bond acceptors (Lipinski definition) is 4. The maximum atomic E-state index is 12.7. The molecule has 0 spiro atoms. The first kappa shape index (κ1) is 18.3. The molecule has 0 aliphatic carbocycles. The highest BCUT2D eigenvalue weighted by Gasteiger charge is 2.11. The number of rotatable bonds is 7. The van der Waals surface area contributed by atoms with Gasteiger partial charge in [-0.3, -0.25) is 4.79 Å². The first-order valence-electron chi connectivity index (χ1n) is 8.57. The normalized spacial score (nSPS) is 11.0. The standard InChI is InChI=1S/C23H21NO3/c1-26-19-13-14-20(23(15-19)27-2)24-21(17-9-5-3-6-10-17)16-22(25)18-11-7-4-8-12-18/h3-16,24H,1-2H3. The highest BCUT2D eigenvalue weighted by Crippen LogP contribution is 2.31. The molecule has 0 saturated carbocycles. The lowest BCUT2D eigenvalue weighted by Gasteiger charge is -2.15. The first-order chi connectivity index (χ1) is 13.2. The van der Waals surface area contributed by atoms with Gasteiger partial charge in [-0.1, -0.05) is 60.7 Å². The third-order valence-electron chi connectivity index (χ3n) is 4.10. The minimum absolute atomic E-state index is 0.0746. The van der Waals surface area contributed by atoms with Crippen LogP contribution in [-0.2, 0) is 0 Å². The molecule has 0 amide bonds. The van der Waals surface area contributed by atoms with Gasteiger partial charge in [0.15, 0.2) is 5.78 Å². The summed E-state index contributed by atoms with van der Waals surface area (Å²) in [6.07, 6.45) is 1.61. The lowest BCUT2D eigenvalue weighted by atomic mass is 10.1. The summed E-state index contributed by atoms with van der Waals surface area (Å²) in [5, 5.41) is 3.33. The van der Waals surface area contributed by atoms with Crippen LogP contribution in [0, 0.1) is 0 Å². The molecule has 0 aromatic heterocycles. The fourth-order valence-electron chi connectivity index (χ4n) is 2.67. The van der Waals surface area contributed by atoms with Gasteiger partial charge in [-0.05, 0) is 17.7 Å². The van der Waals surface area contributed by atoms with Crippen LogP contribution in [0.5, 0.6) is 11.5 Å². The summed E-state index contributed by atoms with van der Waals surface area (Å²) in [5.41, 5.74) is 2.97. The van der Waals surface area contributed by atoms with E-state index in [0.717, 1.165) is 11.3 Å². The number of methoxy groups -OCH3 is 2. The molecule has 0 atom stereocenters. The van der Waals surface area contributed by atoms with Crippen LogP contribution in [0.25, 0.3) is 5.70 Å². The van der Waals surface area contributed by atoms with Gasteiger partial charge in [-0.2, -0.15) is 0 Å². The van der Waals surface area contributed by atoms with Gasteiger partial charge in [0.25, 0.3) is 0 Å². The van der Waals surface area contributed by atoms with E-state index in [1.54, 1.807) is 38.5 Å². The molecule has 0 bridgehead atoms. The second kappa shape index (κ2) is 8.72. The Balaban J connectivity index is 1.99. The van der Waals surface area contributed by atoms with E-state index in [-0.39, 0.29) is 5.78 Å². The average Bonchev–Trinajstić information content (AvgIpc) is 2.74. The smallest absolute Gasteiger partial charge is 0.187 e. The molecule has 27 heavy (non-hydrogen) atoms. The molecule has 3 rings (SSSR count). The molecule has 4 heteroatoms. The minimum Gasteiger partial charge on any atom is -0.497 e. The fraction of sp³-hybridized carbons (Fsp3) is 0.0870. The van der Waals surface area contributed by atoms with E-state index in [0.29, 0.717) is 22.8 Å². The first-order valence-corrected chi connectivity index (χ1v) is 8.57. The molecule has 0 fully saturated rings. The van der Waals surface area contributed by atoms with Crippen molar-refractivity contribution in [1.82, 2.24) is 0 Å². The summed E-state index contributed by atoms with van der Waals surface area (Å²) in [6.45, 7) is 0. The van der Waals surface area contributed by atoms with Gasteiger partial charge in [0.05, 0.1) is 19.9 Å². The van der Waals surface area contributed by atoms with Crippen LogP contribution in [-0.4, -0.2) is 20.0 Å². The zero-order valence-electron chi connectivity index (χ0n) is 15.3. The Morgan fingerprint density at radius 2 is 1.44 bits per heavy atom. The van der Waals surface area contributed by atoms with Gasteiger partial charge < -0.3 is 14.8 Å². The van der Waals surface area contributed by atoms with Crippen molar-refractivity contribution in [2.45, 2.75) is 0 Å². The van der Waals surface area contributed by atoms with Gasteiger partial charge in [-0.25, -0.2) is 0 Å². The lowest BCUT2D eigenvalue weighted by molar-refractivity contribution is 0.104. The Bertz CT molecular complexity index is 934. The Labute approximate surface area is 159 Å². The maximum Gasteiger partial charge on any atom is 0.187 e. The number of carbonyl (C=O) groups excluding carboxylic acids is 1. The summed E-state index contributed by atoms with van der Waals surface area (Å²) in [6, 6.07) is 24.4. The summed E-state index contributed by atoms with van der Waals surface area (Å²) < 4.78 is 10.7. The number of anilines is 1. The average molecular weight is 359 g/mol. The molecule has 1 N–H and O–H groups in total. The molecule has 4 nitrogen and oxygen atoms in total. The minimum atomic E-state index is -0.0746. The Kier molecular flexibility index (Phi) is 5.90. The van der Waals surface area contributed by atoms with Crippen molar-refractivity contribution in [3.8, 4) is 11.5 Å². The molecular weight excluding hydrogens is 338 g/mol. The van der Waals surface area contributed by atoms with Crippen molar-refractivity contribution in [2.75, 3.05) is 19.5 Å². The van der Waals surface area contributed by atoms with Crippen LogP contribution in [0.1, 0.15) is 15.9 Å². The fourth-order valence-corrected chi connectivity index (χ4v) is 2.67. The second-order valence-electron chi connectivity index (χ2n) is 5.85. The van der Waals surface area contributed by atoms with Gasteiger partial charge in [0, 0.05) is 23.4 Å². The van der Waals surface area contributed by atoms with Crippen LogP contribution in [0.4, 0.5) is 5.69 Å². The zero-order valence-corrected chi connectivity index (χ0v) is 15.3. The number of ether oxygens (including phenoxy) is 2. The molecule has 0 aliphatic rings. The monoisotopic (exact) mass is 359 g/mol. The van der Waals surface area contributed by atoms with Crippen LogP contribution in [0.3, 0.4) is 0 Å². The topological polar surface area (TPSA) is 47.6 Å². The van der Waals surface area contributed by atoms with Crippen LogP contribution in [0.15, 0.2) is 84.9 Å². The molecule has 136 valence electrons. The molecule has 3 aromatic rings. The molecule has 0 saturated heterocycles. The van der Waals surface area contributed by atoms with Crippen molar-refractivity contribution in [1.29, 1.82) is 0 Å². The molecule has 0 unspecified atom stereocenters. The van der Waals surface area contributed by atoms with Crippen LogP contribution < -0.4 is 14.8 Å². The maximum absolute atomic E-state index is 12.7. The summed E-state index contributed by atoms with van der Waals surface area (Å²) in [5.74, 6) is 1.25. The number of nitrogens with one attached hydrogen (secondary N) is 1. The van der Waals surface area contributed by atoms with Crippen LogP contribution in [0.2, 0.25) is 0 Å². The summed E-state index contributed by atoms with van der Waals surface area (Å²) in [7, 11) is 3.21. The zero-order chi connectivity index (χ0) is 19.1. The Morgan fingerprint density at radius 3 is 2.04 bits per heavy atom. The highest BCUT2D eigenvalue weighted by molar-refractivity contribution is 6.09. The van der Waals surface area contributed by atoms with E-state index in [2.05, 4.69) is 5.32 Å². The predicted octanol–water partition coefficient (Wildman–Crippen LogP) is 5.04. The van der Waals surface area contributed by atoms with Crippen molar-refractivity contribution in [3.05, 3.63) is 96.1 Å². The van der Waals surface area contributed by atoms with E-state index in [4.69, 9.17) is 9.47 Å². The molecule has 0 heterocycles. The predicted molar refractivity (Wildman–Crippen MR) is 108 cm³/mol. The summed E-state index contributed by atoms with van der Waals surface area (Å²) >= 11 is 0. The van der Waals surface area contributed by atoms with E-state index in [1.807, 2.05) is 60.7 Å². The largest absolute Gasteiger partial charge is 0.497 e. The van der Waals surface area contributed by atoms with Gasteiger partial charge in [-0.15, -0.1) is 0 Å². The quantitative estimate of drug-likeness (QED) is 0.474. The van der Waals surface area contributed by atoms with Crippen molar-refractivity contribution < 1.29 is 14.3 Å². The molecular formula is C23H21NO3. The number of ketones is 1. The second-order valence-corrected chi connectivity index (χ2v) is 5.85. The molecule has 3 aromatic carbocycles. The van der Waals surface area contributed by atoms with E-state index >= 15 is 0 Å². The van der Waals surface area contributed by atoms with E-state index in [1.165, 1.54) is 0 Å². The summed E-state index contributed by atoms with van der Waals surface area (Å²) in [4.78, 5) is 12.7. The van der Waals surface area contributed by atoms with Crippen LogP contribution >= 0.6 is 0 Å². The number of allylic oxidation sites excluding steroid dienone is 1. The number of carbonyl (C=O) groups is 1. The van der Waals surface area contributed by atoms with Gasteiger partial charge in [0.1, 0.15) is 11.5 Å². The third-order valence-corrected chi connectivity index (χ3v) is 4.10. The number of hydrogen-bond donors (Lipinski definition) is 1. The van der Waals surface area contributed by atoms with Crippen molar-refractivity contribution >= 4 is 17.2 Å². The molecule has 0 radical (unpaired) electrons. The van der Waals surface area contributed by atoms with E-state index < -0.39 is 0 Å². The number of benzene rings is 3. The Morgan fingerprint density at radius 1 is 0.815 bits per heavy atom. The van der Waals surface area contributed by atoms with Gasteiger partial charge in [0.2, 0.25) is 0 Å². The van der Waals surface area contributed by atoms with Crippen molar-refractivity contribution in [2.24, 2.45) is 0 Å². The Hall–Kier alpha value is -3.53. The molecule has 0 aliphatic heterocycles. The SMILES string of the molecule is COc1ccc(NC(=CC(=O)c2ccccc2)c2ccccc2)c(OC)c1. The van der Waals surface area contributed by atoms with Crippen molar-refractivity contribution in [3.63, 3.8) is 0 Å². The van der Waals surface area contributed by atoms with E-state index in [9.17, 15) is 4.79 Å².